The highest BCUT2D eigenvalue weighted by atomic mass is 16.2. The van der Waals surface area contributed by atoms with Gasteiger partial charge in [-0.15, -0.1) is 0 Å². The number of hydrogen-bond acceptors (Lipinski definition) is 4. The maximum absolute atomic E-state index is 13.3. The Labute approximate surface area is 195 Å². The van der Waals surface area contributed by atoms with Gasteiger partial charge in [0.25, 0.3) is 17.4 Å². The van der Waals surface area contributed by atoms with Crippen molar-refractivity contribution in [2.45, 2.75) is 33.6 Å². The monoisotopic (exact) mass is 450 g/mol. The number of aromatic amines is 1. The van der Waals surface area contributed by atoms with Gasteiger partial charge in [0.05, 0.1) is 28.6 Å². The first kappa shape index (κ1) is 20.4. The Morgan fingerprint density at radius 1 is 0.853 bits per heavy atom. The van der Waals surface area contributed by atoms with E-state index in [1.165, 1.54) is 22.0 Å². The second-order valence-corrected chi connectivity index (χ2v) is 9.04. The highest BCUT2D eigenvalue weighted by Crippen LogP contribution is 2.38. The van der Waals surface area contributed by atoms with Crippen molar-refractivity contribution in [1.29, 1.82) is 0 Å². The van der Waals surface area contributed by atoms with Gasteiger partial charge in [-0.2, -0.15) is 10.1 Å². The third kappa shape index (κ3) is 2.76. The molecule has 0 spiro atoms. The van der Waals surface area contributed by atoms with E-state index in [1.807, 2.05) is 44.2 Å². The van der Waals surface area contributed by atoms with Gasteiger partial charge in [-0.3, -0.25) is 19.5 Å². The summed E-state index contributed by atoms with van der Waals surface area (Å²) < 4.78 is 1.46. The number of hydrazone groups is 1. The smallest absolute Gasteiger partial charge is 0.282 e. The molecule has 2 heterocycles. The SMILES string of the molecule is Cc1ccc(-n2[nH]c(C)c(/C=N/N3C(=O)c4ccc5c6c(ccc(c46)C3=O)CC5)c2=O)c(C)c1. The Morgan fingerprint density at radius 2 is 1.50 bits per heavy atom. The van der Waals surface area contributed by atoms with E-state index in [0.29, 0.717) is 22.4 Å². The van der Waals surface area contributed by atoms with Crippen molar-refractivity contribution >= 4 is 28.8 Å². The Hall–Kier alpha value is -4.26. The Morgan fingerprint density at radius 3 is 2.12 bits per heavy atom. The molecule has 1 aliphatic carbocycles. The quantitative estimate of drug-likeness (QED) is 0.378. The van der Waals surface area contributed by atoms with Crippen LogP contribution in [-0.2, 0) is 12.8 Å². The molecule has 0 unspecified atom stereocenters. The van der Waals surface area contributed by atoms with Crippen LogP contribution in [0.2, 0.25) is 0 Å². The van der Waals surface area contributed by atoms with E-state index >= 15 is 0 Å². The summed E-state index contributed by atoms with van der Waals surface area (Å²) >= 11 is 0. The van der Waals surface area contributed by atoms with Crippen LogP contribution in [0.15, 0.2) is 52.4 Å². The molecular weight excluding hydrogens is 428 g/mol. The zero-order valence-electron chi connectivity index (χ0n) is 19.1. The van der Waals surface area contributed by atoms with E-state index in [2.05, 4.69) is 10.2 Å². The van der Waals surface area contributed by atoms with Gasteiger partial charge in [0, 0.05) is 11.1 Å². The molecule has 1 aliphatic heterocycles. The third-order valence-corrected chi connectivity index (χ3v) is 6.86. The summed E-state index contributed by atoms with van der Waals surface area (Å²) in [5.74, 6) is -0.959. The summed E-state index contributed by atoms with van der Waals surface area (Å²) in [5.41, 5.74) is 6.65. The van der Waals surface area contributed by atoms with Crippen LogP contribution in [0, 0.1) is 20.8 Å². The fourth-order valence-electron chi connectivity index (χ4n) is 5.16. The van der Waals surface area contributed by atoms with Crippen molar-refractivity contribution in [3.63, 3.8) is 0 Å². The number of amides is 2. The van der Waals surface area contributed by atoms with Crippen LogP contribution in [0.5, 0.6) is 0 Å². The molecular formula is C27H22N4O3. The maximum Gasteiger partial charge on any atom is 0.282 e. The fraction of sp³-hybridized carbons (Fsp3) is 0.185. The van der Waals surface area contributed by atoms with Crippen molar-refractivity contribution in [3.8, 4) is 5.69 Å². The summed E-state index contributed by atoms with van der Waals surface area (Å²) in [6, 6.07) is 13.3. The molecule has 7 nitrogen and oxygen atoms in total. The lowest BCUT2D eigenvalue weighted by molar-refractivity contribution is 0.0616. The number of benzene rings is 3. The molecule has 0 atom stereocenters. The van der Waals surface area contributed by atoms with Gasteiger partial charge in [0.1, 0.15) is 0 Å². The summed E-state index contributed by atoms with van der Waals surface area (Å²) in [6.07, 6.45) is 3.13. The number of rotatable bonds is 3. The highest BCUT2D eigenvalue weighted by Gasteiger charge is 2.35. The Kier molecular flexibility index (Phi) is 4.26. The van der Waals surface area contributed by atoms with Crippen LogP contribution in [0.3, 0.4) is 0 Å². The minimum absolute atomic E-state index is 0.292. The number of hydrogen-bond donors (Lipinski definition) is 1. The first-order chi connectivity index (χ1) is 16.3. The minimum atomic E-state index is -0.479. The third-order valence-electron chi connectivity index (χ3n) is 6.86. The number of aromatic nitrogens is 2. The van der Waals surface area contributed by atoms with Crippen LogP contribution in [0.1, 0.15) is 54.2 Å². The number of imide groups is 1. The van der Waals surface area contributed by atoms with E-state index in [9.17, 15) is 14.4 Å². The molecule has 2 amide bonds. The molecule has 0 saturated heterocycles. The second-order valence-electron chi connectivity index (χ2n) is 9.04. The average Bonchev–Trinajstić information content (AvgIpc) is 3.35. The summed E-state index contributed by atoms with van der Waals surface area (Å²) in [5, 5.41) is 9.89. The van der Waals surface area contributed by atoms with E-state index in [4.69, 9.17) is 0 Å². The van der Waals surface area contributed by atoms with Gasteiger partial charge in [-0.1, -0.05) is 29.8 Å². The predicted octanol–water partition coefficient (Wildman–Crippen LogP) is 3.97. The first-order valence-corrected chi connectivity index (χ1v) is 11.2. The normalized spacial score (nSPS) is 14.7. The molecule has 168 valence electrons. The van der Waals surface area contributed by atoms with Gasteiger partial charge in [-0.05, 0) is 73.9 Å². The molecule has 2 aliphatic rings. The van der Waals surface area contributed by atoms with E-state index in [-0.39, 0.29) is 5.56 Å². The van der Waals surface area contributed by atoms with Crippen LogP contribution in [0.25, 0.3) is 16.5 Å². The van der Waals surface area contributed by atoms with Crippen LogP contribution < -0.4 is 5.56 Å². The zero-order valence-corrected chi connectivity index (χ0v) is 19.1. The van der Waals surface area contributed by atoms with E-state index in [0.717, 1.165) is 45.4 Å². The molecule has 7 heteroatoms. The molecule has 4 aromatic rings. The van der Waals surface area contributed by atoms with Crippen LogP contribution >= 0.6 is 0 Å². The zero-order chi connectivity index (χ0) is 23.7. The summed E-state index contributed by atoms with van der Waals surface area (Å²) in [4.78, 5) is 39.7. The Balaban J connectivity index is 1.41. The number of carbonyl (C=O) groups is 2. The number of aryl methyl sites for hydroxylation is 5. The molecule has 0 saturated carbocycles. The molecule has 3 aromatic carbocycles. The molecule has 1 aromatic heterocycles. The van der Waals surface area contributed by atoms with Gasteiger partial charge in [-0.25, -0.2) is 4.68 Å². The number of H-pyrrole nitrogens is 1. The largest absolute Gasteiger partial charge is 0.295 e. The lowest BCUT2D eigenvalue weighted by Gasteiger charge is -2.23. The summed E-state index contributed by atoms with van der Waals surface area (Å²) in [6.45, 7) is 5.70. The Bertz CT molecular complexity index is 1600. The lowest BCUT2D eigenvalue weighted by atomic mass is 9.92. The molecule has 0 fully saturated rings. The molecule has 34 heavy (non-hydrogen) atoms. The molecule has 0 bridgehead atoms. The molecule has 6 rings (SSSR count). The van der Waals surface area contributed by atoms with Crippen LogP contribution in [-0.4, -0.2) is 32.8 Å². The molecule has 0 radical (unpaired) electrons. The number of nitrogens with one attached hydrogen (secondary N) is 1. The van der Waals surface area contributed by atoms with Gasteiger partial charge in [0.15, 0.2) is 0 Å². The predicted molar refractivity (Wildman–Crippen MR) is 130 cm³/mol. The minimum Gasteiger partial charge on any atom is -0.295 e. The number of nitrogens with zero attached hydrogens (tertiary/aromatic N) is 3. The fourth-order valence-corrected chi connectivity index (χ4v) is 5.16. The van der Waals surface area contributed by atoms with Crippen molar-refractivity contribution in [2.24, 2.45) is 5.10 Å². The first-order valence-electron chi connectivity index (χ1n) is 11.2. The number of carbonyl (C=O) groups excluding carboxylic acids is 2. The van der Waals surface area contributed by atoms with Crippen molar-refractivity contribution in [1.82, 2.24) is 14.8 Å². The van der Waals surface area contributed by atoms with E-state index < -0.39 is 11.8 Å². The van der Waals surface area contributed by atoms with Gasteiger partial charge < -0.3 is 0 Å². The lowest BCUT2D eigenvalue weighted by Crippen LogP contribution is -2.36. The average molecular weight is 450 g/mol. The summed E-state index contributed by atoms with van der Waals surface area (Å²) in [7, 11) is 0. The van der Waals surface area contributed by atoms with Crippen molar-refractivity contribution < 1.29 is 9.59 Å². The van der Waals surface area contributed by atoms with Crippen molar-refractivity contribution in [3.05, 3.63) is 97.5 Å². The second kappa shape index (κ2) is 7.12. The maximum atomic E-state index is 13.3. The van der Waals surface area contributed by atoms with Gasteiger partial charge in [0.2, 0.25) is 0 Å². The highest BCUT2D eigenvalue weighted by molar-refractivity contribution is 6.26. The van der Waals surface area contributed by atoms with Crippen molar-refractivity contribution in [2.75, 3.05) is 0 Å². The van der Waals surface area contributed by atoms with Gasteiger partial charge >= 0.3 is 0 Å². The standard InChI is InChI=1S/C27H22N4O3/c1-14-4-11-22(15(2)12-14)30-27(34)21(16(3)29-30)13-28-31-25(32)19-9-7-17-5-6-18-8-10-20(26(31)33)24(19)23(17)18/h4,7-13,29H,5-6H2,1-3H3/b28-13+. The topological polar surface area (TPSA) is 87.5 Å². The van der Waals surface area contributed by atoms with Crippen LogP contribution in [0.4, 0.5) is 0 Å². The van der Waals surface area contributed by atoms with E-state index in [1.54, 1.807) is 19.1 Å². The molecule has 1 N–H and O–H groups in total.